The third-order valence-corrected chi connectivity index (χ3v) is 4.98. The SMILES string of the molecule is CC(C)N1CCO[C@@H](CC(=O)N2Cc3cnc(C(C)(C)C)nc3C2)C1. The predicted molar refractivity (Wildman–Crippen MR) is 96.1 cm³/mol. The minimum atomic E-state index is -0.0807. The van der Waals surface area contributed by atoms with Crippen LogP contribution in [0, 0.1) is 0 Å². The van der Waals surface area contributed by atoms with Gasteiger partial charge in [-0.25, -0.2) is 9.97 Å². The summed E-state index contributed by atoms with van der Waals surface area (Å²) in [5.41, 5.74) is 1.97. The quantitative estimate of drug-likeness (QED) is 0.839. The highest BCUT2D eigenvalue weighted by Crippen LogP contribution is 2.25. The van der Waals surface area contributed by atoms with Crippen molar-refractivity contribution in [3.63, 3.8) is 0 Å². The molecule has 0 radical (unpaired) electrons. The van der Waals surface area contributed by atoms with E-state index in [0.717, 1.165) is 30.2 Å². The van der Waals surface area contributed by atoms with Crippen molar-refractivity contribution in [1.29, 1.82) is 0 Å². The van der Waals surface area contributed by atoms with Gasteiger partial charge in [-0.05, 0) is 13.8 Å². The van der Waals surface area contributed by atoms with Crippen LogP contribution < -0.4 is 0 Å². The Hall–Kier alpha value is -1.53. The van der Waals surface area contributed by atoms with Gasteiger partial charge in [-0.3, -0.25) is 9.69 Å². The van der Waals surface area contributed by atoms with Crippen molar-refractivity contribution in [2.75, 3.05) is 19.7 Å². The van der Waals surface area contributed by atoms with Crippen LogP contribution in [-0.2, 0) is 28.0 Å². The number of hydrogen-bond donors (Lipinski definition) is 0. The lowest BCUT2D eigenvalue weighted by Crippen LogP contribution is -2.47. The normalized spacial score (nSPS) is 21.7. The molecule has 138 valence electrons. The van der Waals surface area contributed by atoms with Crippen LogP contribution in [-0.4, -0.2) is 57.5 Å². The summed E-state index contributed by atoms with van der Waals surface area (Å²) in [6.07, 6.45) is 2.31. The highest BCUT2D eigenvalue weighted by atomic mass is 16.5. The van der Waals surface area contributed by atoms with Gasteiger partial charge in [-0.1, -0.05) is 20.8 Å². The van der Waals surface area contributed by atoms with Gasteiger partial charge in [-0.2, -0.15) is 0 Å². The molecule has 0 N–H and O–H groups in total. The summed E-state index contributed by atoms with van der Waals surface area (Å²) in [7, 11) is 0. The molecule has 1 saturated heterocycles. The van der Waals surface area contributed by atoms with Crippen molar-refractivity contribution in [2.45, 2.75) is 71.7 Å². The number of aromatic nitrogens is 2. The molecule has 1 aromatic heterocycles. The van der Waals surface area contributed by atoms with E-state index in [4.69, 9.17) is 9.72 Å². The number of carbonyl (C=O) groups is 1. The van der Waals surface area contributed by atoms with Crippen LogP contribution in [0.3, 0.4) is 0 Å². The first-order valence-electron chi connectivity index (χ1n) is 9.22. The van der Waals surface area contributed by atoms with E-state index in [-0.39, 0.29) is 17.4 Å². The largest absolute Gasteiger partial charge is 0.375 e. The zero-order valence-electron chi connectivity index (χ0n) is 16.1. The van der Waals surface area contributed by atoms with Crippen LogP contribution in [0.15, 0.2) is 6.20 Å². The summed E-state index contributed by atoms with van der Waals surface area (Å²) in [6.45, 7) is 14.4. The summed E-state index contributed by atoms with van der Waals surface area (Å²) in [6, 6.07) is 0.489. The summed E-state index contributed by atoms with van der Waals surface area (Å²) >= 11 is 0. The number of fused-ring (bicyclic) bond motifs is 1. The van der Waals surface area contributed by atoms with Gasteiger partial charge in [0.25, 0.3) is 0 Å². The molecule has 3 rings (SSSR count). The number of ether oxygens (including phenoxy) is 1. The van der Waals surface area contributed by atoms with Gasteiger partial charge in [-0.15, -0.1) is 0 Å². The van der Waals surface area contributed by atoms with E-state index < -0.39 is 0 Å². The second-order valence-corrected chi connectivity index (χ2v) is 8.45. The fourth-order valence-electron chi connectivity index (χ4n) is 3.35. The van der Waals surface area contributed by atoms with Crippen LogP contribution in [0.4, 0.5) is 0 Å². The molecule has 0 unspecified atom stereocenters. The molecule has 6 heteroatoms. The number of morpholine rings is 1. The standard InChI is InChI=1S/C19H30N4O2/c1-13(2)22-6-7-25-15(11-22)8-17(24)23-10-14-9-20-18(19(3,4)5)21-16(14)12-23/h9,13,15H,6-8,10-12H2,1-5H3/t15-/m0/s1. The van der Waals surface area contributed by atoms with E-state index in [2.05, 4.69) is 44.5 Å². The number of amides is 1. The summed E-state index contributed by atoms with van der Waals surface area (Å²) < 4.78 is 5.81. The van der Waals surface area contributed by atoms with Crippen molar-refractivity contribution < 1.29 is 9.53 Å². The zero-order chi connectivity index (χ0) is 18.2. The van der Waals surface area contributed by atoms with Crippen LogP contribution >= 0.6 is 0 Å². The van der Waals surface area contributed by atoms with E-state index in [9.17, 15) is 4.79 Å². The smallest absolute Gasteiger partial charge is 0.225 e. The molecule has 1 aromatic rings. The molecule has 0 aromatic carbocycles. The van der Waals surface area contributed by atoms with Crippen molar-refractivity contribution in [3.8, 4) is 0 Å². The summed E-state index contributed by atoms with van der Waals surface area (Å²) in [5.74, 6) is 0.981. The molecule has 0 aliphatic carbocycles. The second-order valence-electron chi connectivity index (χ2n) is 8.45. The van der Waals surface area contributed by atoms with Gasteiger partial charge < -0.3 is 9.64 Å². The fourth-order valence-corrected chi connectivity index (χ4v) is 3.35. The van der Waals surface area contributed by atoms with Gasteiger partial charge in [0.05, 0.1) is 31.4 Å². The minimum Gasteiger partial charge on any atom is -0.375 e. The molecule has 0 spiro atoms. The van der Waals surface area contributed by atoms with E-state index in [1.165, 1.54) is 0 Å². The monoisotopic (exact) mass is 346 g/mol. The molecule has 0 bridgehead atoms. The van der Waals surface area contributed by atoms with Crippen molar-refractivity contribution in [3.05, 3.63) is 23.3 Å². The van der Waals surface area contributed by atoms with Gasteiger partial charge in [0.2, 0.25) is 5.91 Å². The van der Waals surface area contributed by atoms with Crippen molar-refractivity contribution in [2.24, 2.45) is 0 Å². The molecule has 25 heavy (non-hydrogen) atoms. The van der Waals surface area contributed by atoms with Crippen LogP contribution in [0.2, 0.25) is 0 Å². The van der Waals surface area contributed by atoms with Crippen LogP contribution in [0.25, 0.3) is 0 Å². The van der Waals surface area contributed by atoms with Crippen molar-refractivity contribution >= 4 is 5.91 Å². The fraction of sp³-hybridized carbons (Fsp3) is 0.737. The first kappa shape index (κ1) is 18.3. The highest BCUT2D eigenvalue weighted by Gasteiger charge is 2.30. The first-order chi connectivity index (χ1) is 11.7. The van der Waals surface area contributed by atoms with Crippen LogP contribution in [0.1, 0.15) is 58.1 Å². The Morgan fingerprint density at radius 3 is 2.80 bits per heavy atom. The average molecular weight is 346 g/mol. The average Bonchev–Trinajstić information content (AvgIpc) is 2.97. The molecule has 1 fully saturated rings. The Morgan fingerprint density at radius 1 is 1.36 bits per heavy atom. The topological polar surface area (TPSA) is 58.6 Å². The Kier molecular flexibility index (Phi) is 5.11. The molecule has 0 saturated carbocycles. The van der Waals surface area contributed by atoms with Crippen molar-refractivity contribution in [1.82, 2.24) is 19.8 Å². The molecular weight excluding hydrogens is 316 g/mol. The number of nitrogens with zero attached hydrogens (tertiary/aromatic N) is 4. The van der Waals surface area contributed by atoms with Gasteiger partial charge >= 0.3 is 0 Å². The number of hydrogen-bond acceptors (Lipinski definition) is 5. The molecule has 3 heterocycles. The number of carbonyl (C=O) groups excluding carboxylic acids is 1. The predicted octanol–water partition coefficient (Wildman–Crippen LogP) is 2.12. The number of rotatable bonds is 3. The maximum Gasteiger partial charge on any atom is 0.225 e. The molecule has 2 aliphatic rings. The van der Waals surface area contributed by atoms with E-state index in [0.29, 0.717) is 32.2 Å². The summed E-state index contributed by atoms with van der Waals surface area (Å²) in [4.78, 5) is 26.1. The molecule has 1 atom stereocenters. The first-order valence-corrected chi connectivity index (χ1v) is 9.22. The van der Waals surface area contributed by atoms with E-state index in [1.807, 2.05) is 11.1 Å². The lowest BCUT2D eigenvalue weighted by molar-refractivity contribution is -0.137. The Balaban J connectivity index is 1.61. The Labute approximate surface area is 150 Å². The van der Waals surface area contributed by atoms with Gasteiger partial charge in [0.15, 0.2) is 0 Å². The zero-order valence-corrected chi connectivity index (χ0v) is 16.1. The van der Waals surface area contributed by atoms with Crippen LogP contribution in [0.5, 0.6) is 0 Å². The van der Waals surface area contributed by atoms with Gasteiger partial charge in [0, 0.05) is 42.9 Å². The Bertz CT molecular complexity index is 639. The Morgan fingerprint density at radius 2 is 2.12 bits per heavy atom. The lowest BCUT2D eigenvalue weighted by Gasteiger charge is -2.35. The summed E-state index contributed by atoms with van der Waals surface area (Å²) in [5, 5.41) is 0. The molecule has 1 amide bonds. The lowest BCUT2D eigenvalue weighted by atomic mass is 9.95. The maximum absolute atomic E-state index is 12.7. The van der Waals surface area contributed by atoms with E-state index in [1.54, 1.807) is 0 Å². The molecule has 2 aliphatic heterocycles. The molecular formula is C19H30N4O2. The maximum atomic E-state index is 12.7. The second kappa shape index (κ2) is 7.00. The minimum absolute atomic E-state index is 0.0106. The highest BCUT2D eigenvalue weighted by molar-refractivity contribution is 5.77. The third kappa shape index (κ3) is 4.18. The van der Waals surface area contributed by atoms with Gasteiger partial charge in [0.1, 0.15) is 5.82 Å². The third-order valence-electron chi connectivity index (χ3n) is 4.98. The molecule has 6 nitrogen and oxygen atoms in total. The van der Waals surface area contributed by atoms with E-state index >= 15 is 0 Å².